The number of alkyl halides is 3. The molecule has 0 saturated carbocycles. The summed E-state index contributed by atoms with van der Waals surface area (Å²) in [4.78, 5) is 11.2. The Balaban J connectivity index is 2.46. The Morgan fingerprint density at radius 3 is 2.68 bits per heavy atom. The van der Waals surface area contributed by atoms with Crippen LogP contribution in [0.15, 0.2) is 22.7 Å². The molecule has 0 bridgehead atoms. The molecule has 0 aromatic heterocycles. The fourth-order valence-electron chi connectivity index (χ4n) is 1.21. The van der Waals surface area contributed by atoms with Gasteiger partial charge < -0.3 is 15.4 Å². The highest BCUT2D eigenvalue weighted by atomic mass is 79.9. The number of carbonyl (C=O) groups is 1. The largest absolute Gasteiger partial charge is 0.495 e. The number of anilines is 1. The van der Waals surface area contributed by atoms with Gasteiger partial charge in [-0.25, -0.2) is 0 Å². The number of halogens is 4. The minimum absolute atomic E-state index is 0.249. The number of nitrogens with one attached hydrogen (secondary N) is 2. The highest BCUT2D eigenvalue weighted by Gasteiger charge is 2.27. The van der Waals surface area contributed by atoms with Gasteiger partial charge in [0.15, 0.2) is 0 Å². The molecule has 0 spiro atoms. The first-order valence-corrected chi connectivity index (χ1v) is 6.02. The predicted molar refractivity (Wildman–Crippen MR) is 68.2 cm³/mol. The Bertz CT molecular complexity index is 452. The Morgan fingerprint density at radius 2 is 2.11 bits per heavy atom. The van der Waals surface area contributed by atoms with Crippen LogP contribution in [0.1, 0.15) is 0 Å². The van der Waals surface area contributed by atoms with Crippen molar-refractivity contribution >= 4 is 27.5 Å². The second-order valence-electron chi connectivity index (χ2n) is 3.59. The first-order valence-electron chi connectivity index (χ1n) is 5.22. The van der Waals surface area contributed by atoms with E-state index in [4.69, 9.17) is 4.74 Å². The van der Waals surface area contributed by atoms with Gasteiger partial charge in [0.25, 0.3) is 0 Å². The van der Waals surface area contributed by atoms with Crippen LogP contribution in [0.3, 0.4) is 0 Å². The SMILES string of the molecule is COc1cc(NCC(=O)NCC(F)(F)F)ccc1Br. The molecule has 4 nitrogen and oxygen atoms in total. The zero-order valence-electron chi connectivity index (χ0n) is 9.97. The molecule has 0 unspecified atom stereocenters. The zero-order chi connectivity index (χ0) is 14.5. The molecule has 1 aromatic rings. The highest BCUT2D eigenvalue weighted by Crippen LogP contribution is 2.27. The molecular weight excluding hydrogens is 329 g/mol. The molecule has 1 aromatic carbocycles. The van der Waals surface area contributed by atoms with E-state index in [1.807, 2.05) is 0 Å². The van der Waals surface area contributed by atoms with Crippen LogP contribution >= 0.6 is 15.9 Å². The summed E-state index contributed by atoms with van der Waals surface area (Å²) < 4.78 is 41.4. The number of benzene rings is 1. The van der Waals surface area contributed by atoms with Gasteiger partial charge in [0.2, 0.25) is 5.91 Å². The van der Waals surface area contributed by atoms with Gasteiger partial charge in [0.05, 0.1) is 18.1 Å². The maximum absolute atomic E-state index is 11.9. The van der Waals surface area contributed by atoms with E-state index in [-0.39, 0.29) is 6.54 Å². The van der Waals surface area contributed by atoms with Gasteiger partial charge in [-0.05, 0) is 28.1 Å². The lowest BCUT2D eigenvalue weighted by Gasteiger charge is -2.11. The fraction of sp³-hybridized carbons (Fsp3) is 0.364. The van der Waals surface area contributed by atoms with Crippen molar-refractivity contribution in [2.75, 3.05) is 25.5 Å². The Kier molecular flexibility index (Phi) is 5.46. The van der Waals surface area contributed by atoms with Crippen molar-refractivity contribution < 1.29 is 22.7 Å². The highest BCUT2D eigenvalue weighted by molar-refractivity contribution is 9.10. The molecule has 19 heavy (non-hydrogen) atoms. The summed E-state index contributed by atoms with van der Waals surface area (Å²) in [5.41, 5.74) is 0.571. The number of ether oxygens (including phenoxy) is 1. The zero-order valence-corrected chi connectivity index (χ0v) is 11.6. The molecule has 0 heterocycles. The van der Waals surface area contributed by atoms with Crippen molar-refractivity contribution in [2.45, 2.75) is 6.18 Å². The van der Waals surface area contributed by atoms with Crippen molar-refractivity contribution in [3.05, 3.63) is 22.7 Å². The van der Waals surface area contributed by atoms with Crippen LogP contribution in [0, 0.1) is 0 Å². The van der Waals surface area contributed by atoms with Crippen LogP contribution in [-0.2, 0) is 4.79 Å². The van der Waals surface area contributed by atoms with Crippen LogP contribution in [0.2, 0.25) is 0 Å². The lowest BCUT2D eigenvalue weighted by molar-refractivity contribution is -0.137. The molecule has 0 aliphatic rings. The molecule has 0 atom stereocenters. The van der Waals surface area contributed by atoms with Crippen LogP contribution in [-0.4, -0.2) is 32.3 Å². The lowest BCUT2D eigenvalue weighted by atomic mass is 10.3. The van der Waals surface area contributed by atoms with Crippen molar-refractivity contribution in [1.82, 2.24) is 5.32 Å². The number of rotatable bonds is 5. The molecule has 0 fully saturated rings. The van der Waals surface area contributed by atoms with E-state index in [2.05, 4.69) is 21.2 Å². The second-order valence-corrected chi connectivity index (χ2v) is 4.45. The van der Waals surface area contributed by atoms with Crippen LogP contribution in [0.4, 0.5) is 18.9 Å². The van der Waals surface area contributed by atoms with E-state index in [1.54, 1.807) is 23.5 Å². The third-order valence-corrected chi connectivity index (χ3v) is 2.75. The summed E-state index contributed by atoms with van der Waals surface area (Å²) in [6.45, 7) is -1.59. The standard InChI is InChI=1S/C11H12BrF3N2O2/c1-19-9-4-7(2-3-8(9)12)16-5-10(18)17-6-11(13,14)15/h2-4,16H,5-6H2,1H3,(H,17,18). The Labute approximate surface area is 116 Å². The second kappa shape index (κ2) is 6.65. The minimum Gasteiger partial charge on any atom is -0.495 e. The summed E-state index contributed by atoms with van der Waals surface area (Å²) >= 11 is 3.26. The molecule has 2 N–H and O–H groups in total. The van der Waals surface area contributed by atoms with E-state index in [0.717, 1.165) is 4.47 Å². The summed E-state index contributed by atoms with van der Waals surface area (Å²) in [5.74, 6) is -0.181. The van der Waals surface area contributed by atoms with E-state index < -0.39 is 18.6 Å². The topological polar surface area (TPSA) is 50.4 Å². The molecule has 1 rings (SSSR count). The minimum atomic E-state index is -4.41. The van der Waals surface area contributed by atoms with Gasteiger partial charge in [0, 0.05) is 11.8 Å². The van der Waals surface area contributed by atoms with Crippen LogP contribution < -0.4 is 15.4 Å². The maximum atomic E-state index is 11.9. The molecule has 8 heteroatoms. The Morgan fingerprint density at radius 1 is 1.42 bits per heavy atom. The van der Waals surface area contributed by atoms with Gasteiger partial charge in [-0.1, -0.05) is 0 Å². The van der Waals surface area contributed by atoms with E-state index in [0.29, 0.717) is 11.4 Å². The normalized spacial score (nSPS) is 11.0. The monoisotopic (exact) mass is 340 g/mol. The Hall–Kier alpha value is -1.44. The van der Waals surface area contributed by atoms with Gasteiger partial charge in [-0.3, -0.25) is 4.79 Å². The van der Waals surface area contributed by atoms with Crippen molar-refractivity contribution in [3.63, 3.8) is 0 Å². The number of methoxy groups -OCH3 is 1. The summed E-state index contributed by atoms with van der Waals surface area (Å²) in [6, 6.07) is 5.00. The maximum Gasteiger partial charge on any atom is 0.405 e. The number of hydrogen-bond donors (Lipinski definition) is 2. The average Bonchev–Trinajstić information content (AvgIpc) is 2.34. The fourth-order valence-corrected chi connectivity index (χ4v) is 1.62. The molecule has 0 radical (unpaired) electrons. The number of hydrogen-bond acceptors (Lipinski definition) is 3. The first-order chi connectivity index (χ1) is 8.81. The van der Waals surface area contributed by atoms with Gasteiger partial charge >= 0.3 is 6.18 Å². The molecule has 0 aliphatic heterocycles. The predicted octanol–water partition coefficient (Wildman–Crippen LogP) is 2.55. The van der Waals surface area contributed by atoms with E-state index in [1.165, 1.54) is 7.11 Å². The molecule has 106 valence electrons. The van der Waals surface area contributed by atoms with E-state index in [9.17, 15) is 18.0 Å². The molecule has 0 saturated heterocycles. The lowest BCUT2D eigenvalue weighted by Crippen LogP contribution is -2.37. The van der Waals surface area contributed by atoms with Gasteiger partial charge in [0.1, 0.15) is 12.3 Å². The molecule has 0 aliphatic carbocycles. The number of amides is 1. The van der Waals surface area contributed by atoms with E-state index >= 15 is 0 Å². The average molecular weight is 341 g/mol. The molecular formula is C11H12BrF3N2O2. The summed E-state index contributed by atoms with van der Waals surface area (Å²) in [5, 5.41) is 4.47. The first kappa shape index (κ1) is 15.6. The molecule has 1 amide bonds. The van der Waals surface area contributed by atoms with Gasteiger partial charge in [-0.15, -0.1) is 0 Å². The summed E-state index contributed by atoms with van der Waals surface area (Å²) in [6.07, 6.45) is -4.41. The van der Waals surface area contributed by atoms with Crippen molar-refractivity contribution in [2.24, 2.45) is 0 Å². The van der Waals surface area contributed by atoms with Gasteiger partial charge in [-0.2, -0.15) is 13.2 Å². The van der Waals surface area contributed by atoms with Crippen molar-refractivity contribution in [3.8, 4) is 5.75 Å². The quantitative estimate of drug-likeness (QED) is 0.866. The third-order valence-electron chi connectivity index (χ3n) is 2.09. The smallest absolute Gasteiger partial charge is 0.405 e. The van der Waals surface area contributed by atoms with Crippen LogP contribution in [0.25, 0.3) is 0 Å². The van der Waals surface area contributed by atoms with Crippen LogP contribution in [0.5, 0.6) is 5.75 Å². The third kappa shape index (κ3) is 5.82. The summed E-state index contributed by atoms with van der Waals surface area (Å²) in [7, 11) is 1.49. The number of carbonyl (C=O) groups excluding carboxylic acids is 1. The van der Waals surface area contributed by atoms with Crippen molar-refractivity contribution in [1.29, 1.82) is 0 Å².